The van der Waals surface area contributed by atoms with E-state index in [9.17, 15) is 13.9 Å². The fourth-order valence-corrected chi connectivity index (χ4v) is 1.48. The number of aromatic nitrogens is 2. The Labute approximate surface area is 91.0 Å². The Balaban J connectivity index is 2.37. The average molecular weight is 224 g/mol. The third-order valence-corrected chi connectivity index (χ3v) is 2.22. The van der Waals surface area contributed by atoms with Gasteiger partial charge in [0.25, 0.3) is 0 Å². The number of nitrogens with zero attached hydrogens (tertiary/aromatic N) is 2. The lowest BCUT2D eigenvalue weighted by atomic mass is 10.1. The summed E-state index contributed by atoms with van der Waals surface area (Å²) >= 11 is 0. The highest BCUT2D eigenvalue weighted by atomic mass is 19.1. The Kier molecular flexibility index (Phi) is 2.70. The van der Waals surface area contributed by atoms with Crippen LogP contribution in [0.4, 0.5) is 8.78 Å². The van der Waals surface area contributed by atoms with Crippen LogP contribution in [0.2, 0.25) is 0 Å². The van der Waals surface area contributed by atoms with Crippen LogP contribution in [0.1, 0.15) is 17.4 Å². The number of hydrogen-bond acceptors (Lipinski definition) is 2. The Morgan fingerprint density at radius 3 is 2.38 bits per heavy atom. The minimum atomic E-state index is -1.12. The summed E-state index contributed by atoms with van der Waals surface area (Å²) in [6.07, 6.45) is 0.528. The molecule has 1 heterocycles. The van der Waals surface area contributed by atoms with Crippen molar-refractivity contribution in [1.82, 2.24) is 9.78 Å². The smallest absolute Gasteiger partial charge is 0.126 e. The van der Waals surface area contributed by atoms with E-state index < -0.39 is 17.7 Å². The van der Waals surface area contributed by atoms with Gasteiger partial charge in [0.05, 0.1) is 5.69 Å². The van der Waals surface area contributed by atoms with Gasteiger partial charge in [0, 0.05) is 19.3 Å². The first-order chi connectivity index (χ1) is 7.56. The van der Waals surface area contributed by atoms with E-state index in [2.05, 4.69) is 5.10 Å². The molecule has 0 saturated carbocycles. The highest BCUT2D eigenvalue weighted by Gasteiger charge is 2.14. The van der Waals surface area contributed by atoms with E-state index in [1.165, 1.54) is 4.68 Å². The zero-order valence-electron chi connectivity index (χ0n) is 8.56. The van der Waals surface area contributed by atoms with Crippen LogP contribution < -0.4 is 0 Å². The summed E-state index contributed by atoms with van der Waals surface area (Å²) < 4.78 is 27.4. The van der Waals surface area contributed by atoms with E-state index in [0.29, 0.717) is 5.69 Å². The number of aliphatic hydroxyl groups is 1. The molecule has 1 atom stereocenters. The third kappa shape index (κ3) is 2.09. The van der Waals surface area contributed by atoms with Gasteiger partial charge in [-0.15, -0.1) is 0 Å². The Hall–Kier alpha value is -1.75. The molecule has 84 valence electrons. The molecule has 2 rings (SSSR count). The normalized spacial score (nSPS) is 12.8. The molecule has 3 nitrogen and oxygen atoms in total. The molecule has 0 amide bonds. The molecule has 1 aromatic carbocycles. The average Bonchev–Trinajstić information content (AvgIpc) is 2.62. The quantitative estimate of drug-likeness (QED) is 0.844. The van der Waals surface area contributed by atoms with Crippen LogP contribution in [0.3, 0.4) is 0 Å². The van der Waals surface area contributed by atoms with Crippen LogP contribution in [0.5, 0.6) is 0 Å². The second-order valence-corrected chi connectivity index (χ2v) is 3.52. The summed E-state index contributed by atoms with van der Waals surface area (Å²) in [5.41, 5.74) is 0.503. The van der Waals surface area contributed by atoms with Crippen molar-refractivity contribution in [2.24, 2.45) is 7.05 Å². The molecule has 0 aliphatic heterocycles. The first-order valence-corrected chi connectivity index (χ1v) is 4.70. The Bertz CT molecular complexity index is 490. The molecule has 0 aliphatic rings. The number of benzene rings is 1. The number of aliphatic hydroxyl groups excluding tert-OH is 1. The second-order valence-electron chi connectivity index (χ2n) is 3.52. The third-order valence-electron chi connectivity index (χ3n) is 2.22. The van der Waals surface area contributed by atoms with Gasteiger partial charge in [-0.2, -0.15) is 5.10 Å². The van der Waals surface area contributed by atoms with Crippen molar-refractivity contribution in [3.8, 4) is 0 Å². The monoisotopic (exact) mass is 224 g/mol. The fraction of sp³-hybridized carbons (Fsp3) is 0.182. The van der Waals surface area contributed by atoms with E-state index in [0.717, 1.165) is 18.2 Å². The standard InChI is InChI=1S/C11H10F2N2O/c1-15-3-2-10(14-15)11(16)7-4-8(12)6-9(13)5-7/h2-6,11,16H,1H3. The lowest BCUT2D eigenvalue weighted by Crippen LogP contribution is -2.03. The minimum Gasteiger partial charge on any atom is -0.382 e. The largest absolute Gasteiger partial charge is 0.382 e. The van der Waals surface area contributed by atoms with E-state index in [1.54, 1.807) is 19.3 Å². The molecular formula is C11H10F2N2O. The van der Waals surface area contributed by atoms with E-state index in [4.69, 9.17) is 0 Å². The topological polar surface area (TPSA) is 38.0 Å². The van der Waals surface area contributed by atoms with Gasteiger partial charge in [0.2, 0.25) is 0 Å². The van der Waals surface area contributed by atoms with Gasteiger partial charge in [-0.05, 0) is 23.8 Å². The fourth-order valence-electron chi connectivity index (χ4n) is 1.48. The summed E-state index contributed by atoms with van der Waals surface area (Å²) in [7, 11) is 1.70. The molecule has 0 bridgehead atoms. The van der Waals surface area contributed by atoms with Gasteiger partial charge in [0.1, 0.15) is 17.7 Å². The number of halogens is 2. The van der Waals surface area contributed by atoms with Crippen molar-refractivity contribution >= 4 is 0 Å². The van der Waals surface area contributed by atoms with E-state index >= 15 is 0 Å². The molecule has 2 aromatic rings. The second kappa shape index (κ2) is 4.02. The Morgan fingerprint density at radius 2 is 1.88 bits per heavy atom. The van der Waals surface area contributed by atoms with Crippen LogP contribution in [-0.4, -0.2) is 14.9 Å². The first kappa shape index (κ1) is 10.8. The molecule has 0 spiro atoms. The van der Waals surface area contributed by atoms with Crippen LogP contribution >= 0.6 is 0 Å². The molecular weight excluding hydrogens is 214 g/mol. The van der Waals surface area contributed by atoms with Gasteiger partial charge in [-0.1, -0.05) is 0 Å². The summed E-state index contributed by atoms with van der Waals surface area (Å²) in [5.74, 6) is -1.44. The van der Waals surface area contributed by atoms with E-state index in [1.807, 2.05) is 0 Å². The van der Waals surface area contributed by atoms with Crippen molar-refractivity contribution in [3.05, 3.63) is 53.4 Å². The minimum absolute atomic E-state index is 0.149. The van der Waals surface area contributed by atoms with Crippen molar-refractivity contribution < 1.29 is 13.9 Å². The molecule has 16 heavy (non-hydrogen) atoms. The lowest BCUT2D eigenvalue weighted by Gasteiger charge is -2.08. The van der Waals surface area contributed by atoms with Gasteiger partial charge < -0.3 is 5.11 Å². The predicted octanol–water partition coefficient (Wildman–Crippen LogP) is 1.78. The van der Waals surface area contributed by atoms with Gasteiger partial charge in [-0.3, -0.25) is 4.68 Å². The molecule has 1 N–H and O–H groups in total. The highest BCUT2D eigenvalue weighted by Crippen LogP contribution is 2.21. The molecule has 1 aromatic heterocycles. The number of aryl methyl sites for hydroxylation is 1. The van der Waals surface area contributed by atoms with Crippen molar-refractivity contribution in [1.29, 1.82) is 0 Å². The molecule has 0 radical (unpaired) electrons. The van der Waals surface area contributed by atoms with Gasteiger partial charge in [0.15, 0.2) is 0 Å². The first-order valence-electron chi connectivity index (χ1n) is 4.70. The van der Waals surface area contributed by atoms with Gasteiger partial charge >= 0.3 is 0 Å². The van der Waals surface area contributed by atoms with E-state index in [-0.39, 0.29) is 5.56 Å². The number of rotatable bonds is 2. The van der Waals surface area contributed by atoms with Crippen molar-refractivity contribution in [3.63, 3.8) is 0 Å². The maximum atomic E-state index is 12.9. The van der Waals surface area contributed by atoms with Crippen molar-refractivity contribution in [2.75, 3.05) is 0 Å². The maximum Gasteiger partial charge on any atom is 0.126 e. The molecule has 5 heteroatoms. The highest BCUT2D eigenvalue weighted by molar-refractivity contribution is 5.26. The van der Waals surface area contributed by atoms with Crippen LogP contribution in [0.15, 0.2) is 30.5 Å². The van der Waals surface area contributed by atoms with Gasteiger partial charge in [-0.25, -0.2) is 8.78 Å². The van der Waals surface area contributed by atoms with Crippen LogP contribution in [-0.2, 0) is 7.05 Å². The summed E-state index contributed by atoms with van der Waals surface area (Å²) in [6, 6.07) is 4.52. The summed E-state index contributed by atoms with van der Waals surface area (Å²) in [5, 5.41) is 13.8. The zero-order valence-corrected chi connectivity index (χ0v) is 8.56. The summed E-state index contributed by atoms with van der Waals surface area (Å²) in [4.78, 5) is 0. The molecule has 1 unspecified atom stereocenters. The molecule has 0 fully saturated rings. The predicted molar refractivity (Wildman–Crippen MR) is 53.6 cm³/mol. The lowest BCUT2D eigenvalue weighted by molar-refractivity contribution is 0.213. The molecule has 0 aliphatic carbocycles. The Morgan fingerprint density at radius 1 is 1.25 bits per heavy atom. The summed E-state index contributed by atoms with van der Waals surface area (Å²) in [6.45, 7) is 0. The maximum absolute atomic E-state index is 12.9. The SMILES string of the molecule is Cn1ccc(C(O)c2cc(F)cc(F)c2)n1. The van der Waals surface area contributed by atoms with Crippen molar-refractivity contribution in [2.45, 2.75) is 6.10 Å². The number of hydrogen-bond donors (Lipinski definition) is 1. The molecule has 0 saturated heterocycles. The van der Waals surface area contributed by atoms with Crippen LogP contribution in [0, 0.1) is 11.6 Å². The van der Waals surface area contributed by atoms with Crippen LogP contribution in [0.25, 0.3) is 0 Å². The zero-order chi connectivity index (χ0) is 11.7.